The zero-order valence-corrected chi connectivity index (χ0v) is 11.9. The van der Waals surface area contributed by atoms with Gasteiger partial charge in [0.1, 0.15) is 6.04 Å². The van der Waals surface area contributed by atoms with Crippen LogP contribution in [0.3, 0.4) is 0 Å². The van der Waals surface area contributed by atoms with E-state index in [0.29, 0.717) is 12.6 Å². The predicted octanol–water partition coefficient (Wildman–Crippen LogP) is 0.637. The van der Waals surface area contributed by atoms with Gasteiger partial charge in [-0.05, 0) is 12.8 Å². The molecule has 0 aromatic carbocycles. The van der Waals surface area contributed by atoms with Crippen molar-refractivity contribution in [3.05, 3.63) is 0 Å². The van der Waals surface area contributed by atoms with E-state index in [4.69, 9.17) is 9.47 Å². The highest BCUT2D eigenvalue weighted by atomic mass is 16.5. The van der Waals surface area contributed by atoms with E-state index in [-0.39, 0.29) is 18.1 Å². The molecule has 1 saturated heterocycles. The van der Waals surface area contributed by atoms with E-state index in [1.54, 1.807) is 7.11 Å². The Bertz CT molecular complexity index is 251. The molecule has 1 aliphatic rings. The van der Waals surface area contributed by atoms with Crippen LogP contribution in [0.4, 0.5) is 0 Å². The molecule has 0 amide bonds. The highest BCUT2D eigenvalue weighted by molar-refractivity contribution is 5.76. The second kappa shape index (κ2) is 7.71. The quantitative estimate of drug-likeness (QED) is 0.708. The van der Waals surface area contributed by atoms with Crippen LogP contribution in [0.5, 0.6) is 0 Å². The summed E-state index contributed by atoms with van der Waals surface area (Å²) in [4.78, 5) is 14.0. The summed E-state index contributed by atoms with van der Waals surface area (Å²) in [5, 5.41) is 3.26. The van der Waals surface area contributed by atoms with Crippen molar-refractivity contribution in [3.63, 3.8) is 0 Å². The van der Waals surface area contributed by atoms with Crippen molar-refractivity contribution in [2.45, 2.75) is 44.9 Å². The molecular formula is C13H26N2O3. The largest absolute Gasteiger partial charge is 0.468 e. The number of likely N-dealkylation sites (tertiary alicyclic amines) is 1. The number of esters is 1. The molecule has 0 saturated carbocycles. The molecule has 0 aliphatic carbocycles. The highest BCUT2D eigenvalue weighted by Gasteiger charge is 2.26. The predicted molar refractivity (Wildman–Crippen MR) is 70.5 cm³/mol. The van der Waals surface area contributed by atoms with Gasteiger partial charge in [-0.3, -0.25) is 4.79 Å². The zero-order chi connectivity index (χ0) is 13.5. The molecule has 0 radical (unpaired) electrons. The number of piperidine rings is 1. The van der Waals surface area contributed by atoms with Crippen molar-refractivity contribution >= 4 is 5.97 Å². The van der Waals surface area contributed by atoms with Gasteiger partial charge in [-0.1, -0.05) is 13.8 Å². The van der Waals surface area contributed by atoms with E-state index in [2.05, 4.69) is 10.2 Å². The van der Waals surface area contributed by atoms with Crippen LogP contribution in [0.25, 0.3) is 0 Å². The van der Waals surface area contributed by atoms with Gasteiger partial charge in [0.15, 0.2) is 0 Å². The number of methoxy groups -OCH3 is 2. The average Bonchev–Trinajstić information content (AvgIpc) is 2.37. The molecule has 0 spiro atoms. The maximum Gasteiger partial charge on any atom is 0.324 e. The van der Waals surface area contributed by atoms with Crippen LogP contribution in [-0.2, 0) is 14.3 Å². The van der Waals surface area contributed by atoms with E-state index in [1.165, 1.54) is 7.11 Å². The van der Waals surface area contributed by atoms with Gasteiger partial charge in [-0.2, -0.15) is 0 Å². The summed E-state index contributed by atoms with van der Waals surface area (Å²) in [6.07, 6.45) is 2.44. The molecule has 0 aromatic rings. The minimum absolute atomic E-state index is 0.183. The topological polar surface area (TPSA) is 50.8 Å². The summed E-state index contributed by atoms with van der Waals surface area (Å²) in [6.45, 7) is 6.74. The normalized spacial score (nSPS) is 20.1. The zero-order valence-electron chi connectivity index (χ0n) is 11.9. The number of ether oxygens (including phenoxy) is 2. The van der Waals surface area contributed by atoms with E-state index in [1.807, 2.05) is 13.8 Å². The van der Waals surface area contributed by atoms with Gasteiger partial charge in [-0.25, -0.2) is 0 Å². The Morgan fingerprint density at radius 2 is 1.94 bits per heavy atom. The highest BCUT2D eigenvalue weighted by Crippen LogP contribution is 2.13. The molecule has 106 valence electrons. The first-order valence-corrected chi connectivity index (χ1v) is 6.65. The Morgan fingerprint density at radius 3 is 2.39 bits per heavy atom. The molecule has 0 bridgehead atoms. The van der Waals surface area contributed by atoms with Crippen LogP contribution in [-0.4, -0.2) is 62.9 Å². The average molecular weight is 258 g/mol. The van der Waals surface area contributed by atoms with Crippen LogP contribution in [0.2, 0.25) is 0 Å². The molecule has 0 aromatic heterocycles. The van der Waals surface area contributed by atoms with Crippen molar-refractivity contribution < 1.29 is 14.3 Å². The fourth-order valence-electron chi connectivity index (χ4n) is 2.33. The molecule has 5 heteroatoms. The van der Waals surface area contributed by atoms with Crippen LogP contribution in [0.15, 0.2) is 0 Å². The van der Waals surface area contributed by atoms with Crippen molar-refractivity contribution in [3.8, 4) is 0 Å². The first-order chi connectivity index (χ1) is 8.56. The van der Waals surface area contributed by atoms with Crippen molar-refractivity contribution in [1.82, 2.24) is 10.2 Å². The Morgan fingerprint density at radius 1 is 1.33 bits per heavy atom. The van der Waals surface area contributed by atoms with Gasteiger partial charge in [0, 0.05) is 32.8 Å². The maximum absolute atomic E-state index is 11.7. The van der Waals surface area contributed by atoms with Crippen LogP contribution >= 0.6 is 0 Å². The minimum Gasteiger partial charge on any atom is -0.468 e. The molecule has 5 nitrogen and oxygen atoms in total. The Kier molecular flexibility index (Phi) is 6.60. The molecule has 1 N–H and O–H groups in total. The standard InChI is InChI=1S/C13H26N2O3/c1-10(2)14-12(13(16)18-4)9-15-7-5-11(17-3)6-8-15/h10-12,14H,5-9H2,1-4H3. The third-order valence-corrected chi connectivity index (χ3v) is 3.33. The Labute approximate surface area is 110 Å². The van der Waals surface area contributed by atoms with Gasteiger partial charge in [0.05, 0.1) is 13.2 Å². The first kappa shape index (κ1) is 15.4. The van der Waals surface area contributed by atoms with Gasteiger partial charge in [0.2, 0.25) is 0 Å². The maximum atomic E-state index is 11.7. The lowest BCUT2D eigenvalue weighted by molar-refractivity contribution is -0.144. The summed E-state index contributed by atoms with van der Waals surface area (Å²) >= 11 is 0. The van der Waals surface area contributed by atoms with Gasteiger partial charge in [0.25, 0.3) is 0 Å². The molecule has 1 heterocycles. The van der Waals surface area contributed by atoms with Gasteiger partial charge in [-0.15, -0.1) is 0 Å². The fourth-order valence-corrected chi connectivity index (χ4v) is 2.33. The third-order valence-electron chi connectivity index (χ3n) is 3.33. The molecule has 1 unspecified atom stereocenters. The monoisotopic (exact) mass is 258 g/mol. The van der Waals surface area contributed by atoms with Gasteiger partial charge >= 0.3 is 5.97 Å². The third kappa shape index (κ3) is 4.92. The van der Waals surface area contributed by atoms with Crippen LogP contribution < -0.4 is 5.32 Å². The molecule has 18 heavy (non-hydrogen) atoms. The van der Waals surface area contributed by atoms with E-state index in [0.717, 1.165) is 25.9 Å². The van der Waals surface area contributed by atoms with Crippen LogP contribution in [0.1, 0.15) is 26.7 Å². The number of nitrogens with one attached hydrogen (secondary N) is 1. The number of nitrogens with zero attached hydrogens (tertiary/aromatic N) is 1. The Hall–Kier alpha value is -0.650. The summed E-state index contributed by atoms with van der Waals surface area (Å²) in [6, 6.07) is 0.0275. The smallest absolute Gasteiger partial charge is 0.324 e. The lowest BCUT2D eigenvalue weighted by Crippen LogP contribution is -2.51. The van der Waals surface area contributed by atoms with Crippen LogP contribution in [0, 0.1) is 0 Å². The lowest BCUT2D eigenvalue weighted by Gasteiger charge is -2.33. The molecule has 1 aliphatic heterocycles. The van der Waals surface area contributed by atoms with Crippen molar-refractivity contribution in [2.75, 3.05) is 33.9 Å². The summed E-state index contributed by atoms with van der Waals surface area (Å²) in [5.74, 6) is -0.183. The molecular weight excluding hydrogens is 232 g/mol. The lowest BCUT2D eigenvalue weighted by atomic mass is 10.1. The Balaban J connectivity index is 2.43. The summed E-state index contributed by atoms with van der Waals surface area (Å²) in [5.41, 5.74) is 0. The SMILES string of the molecule is COC(=O)C(CN1CCC(OC)CC1)NC(C)C. The molecule has 1 fully saturated rings. The van der Waals surface area contributed by atoms with Crippen molar-refractivity contribution in [1.29, 1.82) is 0 Å². The van der Waals surface area contributed by atoms with E-state index < -0.39 is 0 Å². The molecule has 1 atom stereocenters. The number of carbonyl (C=O) groups is 1. The number of hydrogen-bond donors (Lipinski definition) is 1. The second-order valence-electron chi connectivity index (χ2n) is 5.13. The number of carbonyl (C=O) groups excluding carboxylic acids is 1. The number of rotatable bonds is 6. The van der Waals surface area contributed by atoms with Crippen molar-refractivity contribution in [2.24, 2.45) is 0 Å². The number of hydrogen-bond acceptors (Lipinski definition) is 5. The molecule has 1 rings (SSSR count). The minimum atomic E-state index is -0.242. The first-order valence-electron chi connectivity index (χ1n) is 6.65. The van der Waals surface area contributed by atoms with E-state index >= 15 is 0 Å². The fraction of sp³-hybridized carbons (Fsp3) is 0.923. The summed E-state index contributed by atoms with van der Waals surface area (Å²) in [7, 11) is 3.20. The van der Waals surface area contributed by atoms with E-state index in [9.17, 15) is 4.79 Å². The van der Waals surface area contributed by atoms with Gasteiger partial charge < -0.3 is 19.7 Å². The second-order valence-corrected chi connectivity index (χ2v) is 5.13. The summed E-state index contributed by atoms with van der Waals surface area (Å²) < 4.78 is 10.2.